The van der Waals surface area contributed by atoms with Gasteiger partial charge in [-0.3, -0.25) is 14.5 Å². The molecule has 0 saturated carbocycles. The molecule has 0 aromatic heterocycles. The lowest BCUT2D eigenvalue weighted by molar-refractivity contribution is -0.131. The van der Waals surface area contributed by atoms with Crippen LogP contribution in [-0.2, 0) is 9.59 Å². The third-order valence-corrected chi connectivity index (χ3v) is 4.08. The average Bonchev–Trinajstić information content (AvgIpc) is 2.52. The Bertz CT molecular complexity index is 540. The Morgan fingerprint density at radius 1 is 1.23 bits per heavy atom. The summed E-state index contributed by atoms with van der Waals surface area (Å²) in [6.45, 7) is 7.40. The minimum absolute atomic E-state index is 0.00898. The van der Waals surface area contributed by atoms with Gasteiger partial charge in [0, 0.05) is 13.1 Å². The average molecular weight is 303 g/mol. The third-order valence-electron chi connectivity index (χ3n) is 4.08. The summed E-state index contributed by atoms with van der Waals surface area (Å²) in [6.07, 6.45) is 1.69. The lowest BCUT2D eigenvalue weighted by Crippen LogP contribution is -2.51. The minimum Gasteiger partial charge on any atom is -0.372 e. The predicted octanol–water partition coefficient (Wildman–Crippen LogP) is 2.48. The molecule has 0 aliphatic carbocycles. The fourth-order valence-corrected chi connectivity index (χ4v) is 2.85. The van der Waals surface area contributed by atoms with Crippen molar-refractivity contribution in [2.45, 2.75) is 39.7 Å². The van der Waals surface area contributed by atoms with Gasteiger partial charge in [-0.15, -0.1) is 0 Å². The minimum atomic E-state index is -0.246. The number of likely N-dealkylation sites (N-methyl/N-ethyl adjacent to an activating group) is 1. The number of anilines is 2. The van der Waals surface area contributed by atoms with Gasteiger partial charge in [0.1, 0.15) is 12.6 Å². The highest BCUT2D eigenvalue weighted by molar-refractivity contribution is 6.07. The van der Waals surface area contributed by atoms with Gasteiger partial charge in [-0.05, 0) is 32.4 Å². The van der Waals surface area contributed by atoms with Gasteiger partial charge in [0.15, 0.2) is 0 Å². The van der Waals surface area contributed by atoms with Gasteiger partial charge >= 0.3 is 0 Å². The molecular weight excluding hydrogens is 278 g/mol. The van der Waals surface area contributed by atoms with E-state index < -0.39 is 0 Å². The molecule has 5 heteroatoms. The highest BCUT2D eigenvalue weighted by Gasteiger charge is 2.33. The maximum atomic E-state index is 12.7. The number of carbonyl (C=O) groups is 2. The maximum absolute atomic E-state index is 12.7. The number of fused-ring (bicyclic) bond motifs is 1. The lowest BCUT2D eigenvalue weighted by Gasteiger charge is -2.35. The number of nitrogens with one attached hydrogen (secondary N) is 1. The SMILES string of the molecule is CCCC1Nc2ccccc2N(CC(=O)N(CC)CC)C1=O. The fraction of sp³-hybridized carbons (Fsp3) is 0.529. The summed E-state index contributed by atoms with van der Waals surface area (Å²) in [4.78, 5) is 28.5. The summed E-state index contributed by atoms with van der Waals surface area (Å²) < 4.78 is 0. The normalized spacial score (nSPS) is 17.0. The van der Waals surface area contributed by atoms with Crippen LogP contribution in [0.5, 0.6) is 0 Å². The first-order valence-corrected chi connectivity index (χ1v) is 8.07. The standard InChI is InChI=1S/C17H25N3O2/c1-4-9-14-17(22)20(12-16(21)19(5-2)6-3)15-11-8-7-10-13(15)18-14/h7-8,10-11,14,18H,4-6,9,12H2,1-3H3. The quantitative estimate of drug-likeness (QED) is 0.878. The molecule has 0 spiro atoms. The van der Waals surface area contributed by atoms with Gasteiger partial charge in [-0.2, -0.15) is 0 Å². The van der Waals surface area contributed by atoms with Crippen molar-refractivity contribution in [2.24, 2.45) is 0 Å². The molecule has 1 aromatic carbocycles. The van der Waals surface area contributed by atoms with Crippen molar-refractivity contribution in [1.29, 1.82) is 0 Å². The van der Waals surface area contributed by atoms with Crippen LogP contribution in [0.3, 0.4) is 0 Å². The molecule has 22 heavy (non-hydrogen) atoms. The monoisotopic (exact) mass is 303 g/mol. The summed E-state index contributed by atoms with van der Waals surface area (Å²) in [5, 5.41) is 3.29. The third kappa shape index (κ3) is 3.24. The Hall–Kier alpha value is -2.04. The van der Waals surface area contributed by atoms with E-state index in [1.165, 1.54) is 0 Å². The molecule has 1 heterocycles. The summed E-state index contributed by atoms with van der Waals surface area (Å²) in [7, 11) is 0. The summed E-state index contributed by atoms with van der Waals surface area (Å²) >= 11 is 0. The number of benzene rings is 1. The maximum Gasteiger partial charge on any atom is 0.250 e. The molecule has 1 aliphatic rings. The molecule has 0 fully saturated rings. The highest BCUT2D eigenvalue weighted by Crippen LogP contribution is 2.32. The van der Waals surface area contributed by atoms with E-state index in [0.29, 0.717) is 13.1 Å². The number of nitrogens with zero attached hydrogens (tertiary/aromatic N) is 2. The molecule has 0 bridgehead atoms. The van der Waals surface area contributed by atoms with Crippen LogP contribution in [0.25, 0.3) is 0 Å². The molecule has 1 N–H and O–H groups in total. The molecule has 2 rings (SSSR count). The van der Waals surface area contributed by atoms with Crippen LogP contribution in [-0.4, -0.2) is 42.4 Å². The van der Waals surface area contributed by atoms with Crippen LogP contribution in [0.2, 0.25) is 0 Å². The number of amides is 2. The molecule has 120 valence electrons. The van der Waals surface area contributed by atoms with E-state index in [4.69, 9.17) is 0 Å². The van der Waals surface area contributed by atoms with E-state index in [-0.39, 0.29) is 24.4 Å². The number of rotatable bonds is 6. The predicted molar refractivity (Wildman–Crippen MR) is 89.0 cm³/mol. The molecule has 1 unspecified atom stereocenters. The first kappa shape index (κ1) is 16.3. The van der Waals surface area contributed by atoms with Crippen molar-refractivity contribution in [3.63, 3.8) is 0 Å². The molecule has 1 aliphatic heterocycles. The van der Waals surface area contributed by atoms with Crippen LogP contribution in [0.1, 0.15) is 33.6 Å². The molecule has 1 atom stereocenters. The second-order valence-electron chi connectivity index (χ2n) is 5.49. The molecule has 0 radical (unpaired) electrons. The molecule has 1 aromatic rings. The Morgan fingerprint density at radius 2 is 1.91 bits per heavy atom. The zero-order chi connectivity index (χ0) is 16.1. The largest absolute Gasteiger partial charge is 0.372 e. The Kier molecular flexibility index (Phi) is 5.41. The Morgan fingerprint density at radius 3 is 2.55 bits per heavy atom. The van der Waals surface area contributed by atoms with Crippen molar-refractivity contribution >= 4 is 23.2 Å². The van der Waals surface area contributed by atoms with Crippen LogP contribution >= 0.6 is 0 Å². The Balaban J connectivity index is 2.27. The van der Waals surface area contributed by atoms with Crippen molar-refractivity contribution in [3.8, 4) is 0 Å². The Labute approximate surface area is 132 Å². The van der Waals surface area contributed by atoms with Crippen LogP contribution in [0.4, 0.5) is 11.4 Å². The van der Waals surface area contributed by atoms with Gasteiger partial charge in [-0.1, -0.05) is 25.5 Å². The number of hydrogen-bond acceptors (Lipinski definition) is 3. The van der Waals surface area contributed by atoms with Gasteiger partial charge in [-0.25, -0.2) is 0 Å². The van der Waals surface area contributed by atoms with E-state index >= 15 is 0 Å². The van der Waals surface area contributed by atoms with E-state index in [1.807, 2.05) is 38.1 Å². The molecular formula is C17H25N3O2. The zero-order valence-electron chi connectivity index (χ0n) is 13.6. The smallest absolute Gasteiger partial charge is 0.250 e. The zero-order valence-corrected chi connectivity index (χ0v) is 13.6. The van der Waals surface area contributed by atoms with E-state index in [2.05, 4.69) is 12.2 Å². The van der Waals surface area contributed by atoms with Crippen LogP contribution in [0.15, 0.2) is 24.3 Å². The van der Waals surface area contributed by atoms with E-state index in [0.717, 1.165) is 24.2 Å². The van der Waals surface area contributed by atoms with Crippen molar-refractivity contribution in [3.05, 3.63) is 24.3 Å². The summed E-state index contributed by atoms with van der Waals surface area (Å²) in [6, 6.07) is 7.43. The van der Waals surface area contributed by atoms with Crippen LogP contribution in [0, 0.1) is 0 Å². The van der Waals surface area contributed by atoms with Gasteiger partial charge in [0.05, 0.1) is 11.4 Å². The number of para-hydroxylation sites is 2. The van der Waals surface area contributed by atoms with Crippen molar-refractivity contribution < 1.29 is 9.59 Å². The molecule has 5 nitrogen and oxygen atoms in total. The lowest BCUT2D eigenvalue weighted by atomic mass is 10.0. The van der Waals surface area contributed by atoms with Gasteiger partial charge < -0.3 is 10.2 Å². The topological polar surface area (TPSA) is 52.7 Å². The van der Waals surface area contributed by atoms with E-state index in [9.17, 15) is 9.59 Å². The second-order valence-corrected chi connectivity index (χ2v) is 5.49. The van der Waals surface area contributed by atoms with Gasteiger partial charge in [0.25, 0.3) is 0 Å². The second kappa shape index (κ2) is 7.29. The molecule has 2 amide bonds. The van der Waals surface area contributed by atoms with Gasteiger partial charge in [0.2, 0.25) is 11.8 Å². The first-order chi connectivity index (χ1) is 10.6. The van der Waals surface area contributed by atoms with Crippen molar-refractivity contribution in [2.75, 3.05) is 29.9 Å². The fourth-order valence-electron chi connectivity index (χ4n) is 2.85. The molecule has 0 saturated heterocycles. The summed E-state index contributed by atoms with van der Waals surface area (Å²) in [5.41, 5.74) is 1.72. The van der Waals surface area contributed by atoms with Crippen molar-refractivity contribution in [1.82, 2.24) is 4.90 Å². The number of carbonyl (C=O) groups excluding carboxylic acids is 2. The first-order valence-electron chi connectivity index (χ1n) is 8.07. The highest BCUT2D eigenvalue weighted by atomic mass is 16.2. The van der Waals surface area contributed by atoms with Crippen LogP contribution < -0.4 is 10.2 Å². The summed E-state index contributed by atoms with van der Waals surface area (Å²) in [5.74, 6) is -0.0219. The van der Waals surface area contributed by atoms with E-state index in [1.54, 1.807) is 9.80 Å². The number of hydrogen-bond donors (Lipinski definition) is 1.